The van der Waals surface area contributed by atoms with E-state index in [-0.39, 0.29) is 12.1 Å². The molecule has 2 aromatic heterocycles. The molecule has 1 atom stereocenters. The lowest BCUT2D eigenvalue weighted by Gasteiger charge is -2.34. The van der Waals surface area contributed by atoms with Crippen molar-refractivity contribution in [1.29, 1.82) is 0 Å². The van der Waals surface area contributed by atoms with Gasteiger partial charge in [-0.1, -0.05) is 13.8 Å². The third-order valence-corrected chi connectivity index (χ3v) is 4.99. The van der Waals surface area contributed by atoms with Crippen LogP contribution in [0.2, 0.25) is 0 Å². The molecule has 3 rings (SSSR count). The van der Waals surface area contributed by atoms with Crippen LogP contribution in [0.4, 0.5) is 15.7 Å². The first-order valence-corrected chi connectivity index (χ1v) is 9.17. The van der Waals surface area contributed by atoms with Gasteiger partial charge in [-0.2, -0.15) is 5.10 Å². The fourth-order valence-corrected chi connectivity index (χ4v) is 3.77. The number of aromatic nitrogens is 3. The topological polar surface area (TPSA) is 75.1 Å². The Bertz CT molecular complexity index is 694. The monoisotopic (exact) mass is 348 g/mol. The van der Waals surface area contributed by atoms with Gasteiger partial charge in [0, 0.05) is 37.6 Å². The quantitative estimate of drug-likeness (QED) is 0.891. The second kappa shape index (κ2) is 7.21. The summed E-state index contributed by atoms with van der Waals surface area (Å²) in [5.74, 6) is 1.45. The Balaban J connectivity index is 1.55. The van der Waals surface area contributed by atoms with Crippen LogP contribution in [0.5, 0.6) is 0 Å². The Morgan fingerprint density at radius 1 is 1.46 bits per heavy atom. The fraction of sp³-hybridized carbons (Fsp3) is 0.562. The number of nitrogens with zero attached hydrogens (tertiary/aromatic N) is 4. The van der Waals surface area contributed by atoms with Gasteiger partial charge >= 0.3 is 6.03 Å². The molecule has 2 aromatic rings. The van der Waals surface area contributed by atoms with E-state index in [9.17, 15) is 4.79 Å². The number of carbonyl (C=O) groups excluding carboxylic acids is 1. The van der Waals surface area contributed by atoms with Gasteiger partial charge in [0.1, 0.15) is 5.82 Å². The SMILES string of the molecule is CC(C)c1csc(NC(=O)N[C@H]2CCCN(c3ccnn3C)C2)n1. The normalized spacial score (nSPS) is 18.0. The number of carbonyl (C=O) groups is 1. The van der Waals surface area contributed by atoms with Gasteiger partial charge in [-0.15, -0.1) is 11.3 Å². The molecule has 7 nitrogen and oxygen atoms in total. The summed E-state index contributed by atoms with van der Waals surface area (Å²) in [4.78, 5) is 18.9. The summed E-state index contributed by atoms with van der Waals surface area (Å²) in [6.07, 6.45) is 3.83. The van der Waals surface area contributed by atoms with Crippen LogP contribution in [0.25, 0.3) is 0 Å². The molecule has 1 aliphatic rings. The summed E-state index contributed by atoms with van der Waals surface area (Å²) in [5.41, 5.74) is 1.01. The zero-order valence-electron chi connectivity index (χ0n) is 14.3. The Hall–Kier alpha value is -2.09. The van der Waals surface area contributed by atoms with Gasteiger partial charge in [0.15, 0.2) is 5.13 Å². The standard InChI is InChI=1S/C16H24N6OS/c1-11(2)13-10-24-16(19-13)20-15(23)18-12-5-4-8-22(9-12)14-6-7-17-21(14)3/h6-7,10-12H,4-5,8-9H2,1-3H3,(H2,18,19,20,23)/t12-/m0/s1. The molecule has 3 heterocycles. The van der Waals surface area contributed by atoms with Crippen LogP contribution in [-0.4, -0.2) is 39.9 Å². The molecule has 24 heavy (non-hydrogen) atoms. The second-order valence-electron chi connectivity index (χ2n) is 6.43. The summed E-state index contributed by atoms with van der Waals surface area (Å²) in [6, 6.07) is 1.94. The number of amides is 2. The largest absolute Gasteiger partial charge is 0.355 e. The molecule has 2 N–H and O–H groups in total. The molecule has 0 saturated carbocycles. The van der Waals surface area contributed by atoms with Gasteiger partial charge < -0.3 is 10.2 Å². The molecule has 1 saturated heterocycles. The van der Waals surface area contributed by atoms with Crippen molar-refractivity contribution >= 4 is 28.3 Å². The summed E-state index contributed by atoms with van der Waals surface area (Å²) in [5, 5.41) is 12.8. The van der Waals surface area contributed by atoms with E-state index >= 15 is 0 Å². The molecular weight excluding hydrogens is 324 g/mol. The Morgan fingerprint density at radius 2 is 2.29 bits per heavy atom. The molecule has 0 aliphatic carbocycles. The maximum atomic E-state index is 12.2. The molecule has 130 valence electrons. The number of hydrogen-bond donors (Lipinski definition) is 2. The van der Waals surface area contributed by atoms with E-state index in [1.807, 2.05) is 23.2 Å². The summed E-state index contributed by atoms with van der Waals surface area (Å²) in [6.45, 7) is 5.97. The van der Waals surface area contributed by atoms with Crippen molar-refractivity contribution in [2.75, 3.05) is 23.3 Å². The van der Waals surface area contributed by atoms with E-state index in [2.05, 4.69) is 39.5 Å². The first kappa shape index (κ1) is 16.8. The third-order valence-electron chi connectivity index (χ3n) is 4.21. The highest BCUT2D eigenvalue weighted by atomic mass is 32.1. The van der Waals surface area contributed by atoms with Gasteiger partial charge in [-0.05, 0) is 18.8 Å². The molecule has 0 aromatic carbocycles. The molecule has 0 radical (unpaired) electrons. The summed E-state index contributed by atoms with van der Waals surface area (Å²) >= 11 is 1.46. The van der Waals surface area contributed by atoms with E-state index in [1.54, 1.807) is 6.20 Å². The van der Waals surface area contributed by atoms with Gasteiger partial charge in [-0.3, -0.25) is 10.00 Å². The second-order valence-corrected chi connectivity index (χ2v) is 7.29. The van der Waals surface area contributed by atoms with E-state index in [0.29, 0.717) is 11.0 Å². The highest BCUT2D eigenvalue weighted by molar-refractivity contribution is 7.13. The van der Waals surface area contributed by atoms with Crippen LogP contribution >= 0.6 is 11.3 Å². The van der Waals surface area contributed by atoms with E-state index in [0.717, 1.165) is 37.4 Å². The molecule has 0 bridgehead atoms. The Kier molecular flexibility index (Phi) is 5.03. The average molecular weight is 348 g/mol. The molecule has 0 unspecified atom stereocenters. The summed E-state index contributed by atoms with van der Waals surface area (Å²) < 4.78 is 1.87. The van der Waals surface area contributed by atoms with Crippen LogP contribution in [0.15, 0.2) is 17.6 Å². The number of hydrogen-bond acceptors (Lipinski definition) is 5. The smallest absolute Gasteiger partial charge is 0.321 e. The van der Waals surface area contributed by atoms with E-state index < -0.39 is 0 Å². The summed E-state index contributed by atoms with van der Waals surface area (Å²) in [7, 11) is 1.94. The minimum Gasteiger partial charge on any atom is -0.355 e. The molecule has 1 aliphatic heterocycles. The number of aryl methyl sites for hydroxylation is 1. The van der Waals surface area contributed by atoms with Gasteiger partial charge in [-0.25, -0.2) is 9.78 Å². The maximum absolute atomic E-state index is 12.2. The average Bonchev–Trinajstić information content (AvgIpc) is 3.16. The van der Waals surface area contributed by atoms with Crippen molar-refractivity contribution in [3.05, 3.63) is 23.3 Å². The molecule has 8 heteroatoms. The van der Waals surface area contributed by atoms with Crippen molar-refractivity contribution in [3.8, 4) is 0 Å². The predicted molar refractivity (Wildman–Crippen MR) is 96.8 cm³/mol. The molecule has 2 amide bonds. The number of piperidine rings is 1. The lowest BCUT2D eigenvalue weighted by Crippen LogP contribution is -2.49. The number of urea groups is 1. The van der Waals surface area contributed by atoms with E-state index in [1.165, 1.54) is 11.3 Å². The first-order chi connectivity index (χ1) is 11.5. The maximum Gasteiger partial charge on any atom is 0.321 e. The van der Waals surface area contributed by atoms with Crippen LogP contribution in [0, 0.1) is 0 Å². The molecular formula is C16H24N6OS. The number of rotatable bonds is 4. The van der Waals surface area contributed by atoms with Crippen molar-refractivity contribution in [2.45, 2.75) is 38.6 Å². The van der Waals surface area contributed by atoms with Gasteiger partial charge in [0.05, 0.1) is 11.9 Å². The zero-order chi connectivity index (χ0) is 17.1. The van der Waals surface area contributed by atoms with Crippen molar-refractivity contribution in [1.82, 2.24) is 20.1 Å². The molecule has 1 fully saturated rings. The minimum atomic E-state index is -0.184. The number of anilines is 2. The highest BCUT2D eigenvalue weighted by Gasteiger charge is 2.23. The highest BCUT2D eigenvalue weighted by Crippen LogP contribution is 2.22. The van der Waals surface area contributed by atoms with Crippen LogP contribution in [0.3, 0.4) is 0 Å². The third kappa shape index (κ3) is 3.87. The first-order valence-electron chi connectivity index (χ1n) is 8.29. The Labute approximate surface area is 146 Å². The van der Waals surface area contributed by atoms with Gasteiger partial charge in [0.25, 0.3) is 0 Å². The number of thiazole rings is 1. The fourth-order valence-electron chi connectivity index (χ4n) is 2.91. The van der Waals surface area contributed by atoms with Crippen molar-refractivity contribution in [2.24, 2.45) is 7.05 Å². The lowest BCUT2D eigenvalue weighted by molar-refractivity contribution is 0.246. The lowest BCUT2D eigenvalue weighted by atomic mass is 10.1. The zero-order valence-corrected chi connectivity index (χ0v) is 15.1. The minimum absolute atomic E-state index is 0.123. The van der Waals surface area contributed by atoms with E-state index in [4.69, 9.17) is 0 Å². The van der Waals surface area contributed by atoms with Crippen LogP contribution in [0.1, 0.15) is 38.3 Å². The van der Waals surface area contributed by atoms with Crippen molar-refractivity contribution < 1.29 is 4.79 Å². The Morgan fingerprint density at radius 3 is 2.96 bits per heavy atom. The van der Waals surface area contributed by atoms with Crippen LogP contribution < -0.4 is 15.5 Å². The van der Waals surface area contributed by atoms with Crippen molar-refractivity contribution in [3.63, 3.8) is 0 Å². The predicted octanol–water partition coefficient (Wildman–Crippen LogP) is 2.79. The molecule has 0 spiro atoms. The van der Waals surface area contributed by atoms with Crippen LogP contribution in [-0.2, 0) is 7.05 Å². The number of nitrogens with one attached hydrogen (secondary N) is 2. The van der Waals surface area contributed by atoms with Gasteiger partial charge in [0.2, 0.25) is 0 Å².